The number of carbonyl (C=O) groups is 2. The standard InChI is InChI=1S/C28H30Br2N2O4/c1-17(2)15-35-25-11-5-19(13-23(25)29)27(33)31-21-7-9-22(10-8-21)32-28(34)20-6-12-26(24(30)14-20)36-16-18(3)4/h5-14,17-18H,15-16H2,1-4H3,(H,31,33)(H,32,34). The molecule has 0 unspecified atom stereocenters. The number of carbonyl (C=O) groups excluding carboxylic acids is 2. The van der Waals surface area contributed by atoms with Gasteiger partial charge in [0.2, 0.25) is 0 Å². The van der Waals surface area contributed by atoms with Gasteiger partial charge in [-0.15, -0.1) is 0 Å². The lowest BCUT2D eigenvalue weighted by Crippen LogP contribution is -2.13. The first kappa shape index (κ1) is 27.7. The summed E-state index contributed by atoms with van der Waals surface area (Å²) in [6.45, 7) is 9.50. The van der Waals surface area contributed by atoms with Crippen molar-refractivity contribution in [3.8, 4) is 11.5 Å². The fraction of sp³-hybridized carbons (Fsp3) is 0.286. The second kappa shape index (κ2) is 12.9. The van der Waals surface area contributed by atoms with Gasteiger partial charge in [0, 0.05) is 22.5 Å². The van der Waals surface area contributed by atoms with Gasteiger partial charge >= 0.3 is 0 Å². The molecule has 0 aromatic heterocycles. The van der Waals surface area contributed by atoms with Crippen LogP contribution >= 0.6 is 31.9 Å². The summed E-state index contributed by atoms with van der Waals surface area (Å²) in [5.74, 6) is 1.73. The van der Waals surface area contributed by atoms with E-state index in [-0.39, 0.29) is 11.8 Å². The molecule has 190 valence electrons. The summed E-state index contributed by atoms with van der Waals surface area (Å²) in [5.41, 5.74) is 2.23. The Kier molecular flexibility index (Phi) is 9.96. The third kappa shape index (κ3) is 8.10. The van der Waals surface area contributed by atoms with Crippen molar-refractivity contribution in [2.24, 2.45) is 11.8 Å². The summed E-state index contributed by atoms with van der Waals surface area (Å²) in [6, 6.07) is 17.4. The minimum atomic E-state index is -0.243. The van der Waals surface area contributed by atoms with Gasteiger partial charge < -0.3 is 20.1 Å². The van der Waals surface area contributed by atoms with E-state index in [9.17, 15) is 9.59 Å². The van der Waals surface area contributed by atoms with Gasteiger partial charge in [-0.1, -0.05) is 27.7 Å². The first-order valence-electron chi connectivity index (χ1n) is 11.7. The number of amides is 2. The zero-order chi connectivity index (χ0) is 26.2. The Morgan fingerprint density at radius 1 is 0.667 bits per heavy atom. The molecule has 36 heavy (non-hydrogen) atoms. The van der Waals surface area contributed by atoms with Crippen LogP contribution in [-0.2, 0) is 0 Å². The normalized spacial score (nSPS) is 10.9. The Morgan fingerprint density at radius 3 is 1.33 bits per heavy atom. The summed E-state index contributed by atoms with van der Waals surface area (Å²) >= 11 is 6.94. The van der Waals surface area contributed by atoms with Crippen LogP contribution in [0.25, 0.3) is 0 Å². The van der Waals surface area contributed by atoms with Crippen LogP contribution < -0.4 is 20.1 Å². The molecule has 0 heterocycles. The second-order valence-electron chi connectivity index (χ2n) is 9.19. The lowest BCUT2D eigenvalue weighted by atomic mass is 10.2. The zero-order valence-electron chi connectivity index (χ0n) is 20.7. The van der Waals surface area contributed by atoms with Gasteiger partial charge in [0.1, 0.15) is 11.5 Å². The summed E-state index contributed by atoms with van der Waals surface area (Å²) in [4.78, 5) is 25.4. The van der Waals surface area contributed by atoms with Gasteiger partial charge in [-0.2, -0.15) is 0 Å². The number of benzene rings is 3. The molecule has 0 radical (unpaired) electrons. The average molecular weight is 618 g/mol. The van der Waals surface area contributed by atoms with E-state index in [4.69, 9.17) is 9.47 Å². The van der Waals surface area contributed by atoms with Crippen LogP contribution in [0.2, 0.25) is 0 Å². The molecule has 2 N–H and O–H groups in total. The van der Waals surface area contributed by atoms with Crippen LogP contribution in [0, 0.1) is 11.8 Å². The van der Waals surface area contributed by atoms with Crippen LogP contribution in [0.4, 0.5) is 11.4 Å². The largest absolute Gasteiger partial charge is 0.492 e. The summed E-state index contributed by atoms with van der Waals surface area (Å²) < 4.78 is 12.9. The van der Waals surface area contributed by atoms with E-state index in [1.807, 2.05) is 0 Å². The van der Waals surface area contributed by atoms with Gasteiger partial charge in [0.25, 0.3) is 11.8 Å². The van der Waals surface area contributed by atoms with Gasteiger partial charge in [0.05, 0.1) is 22.2 Å². The van der Waals surface area contributed by atoms with Crippen molar-refractivity contribution in [1.29, 1.82) is 0 Å². The Labute approximate surface area is 229 Å². The monoisotopic (exact) mass is 616 g/mol. The second-order valence-corrected chi connectivity index (χ2v) is 10.9. The Balaban J connectivity index is 1.58. The number of rotatable bonds is 10. The molecule has 0 fully saturated rings. The highest BCUT2D eigenvalue weighted by Gasteiger charge is 2.12. The van der Waals surface area contributed by atoms with Crippen LogP contribution in [0.15, 0.2) is 69.6 Å². The molecule has 0 aliphatic heterocycles. The fourth-order valence-electron chi connectivity index (χ4n) is 3.07. The maximum atomic E-state index is 12.7. The molecular formula is C28H30Br2N2O4. The third-order valence-corrected chi connectivity index (χ3v) is 6.17. The maximum Gasteiger partial charge on any atom is 0.255 e. The number of hydrogen-bond acceptors (Lipinski definition) is 4. The van der Waals surface area contributed by atoms with Gasteiger partial charge in [-0.05, 0) is 104 Å². The Hall–Kier alpha value is -2.84. The topological polar surface area (TPSA) is 76.7 Å². The summed E-state index contributed by atoms with van der Waals surface area (Å²) in [5, 5.41) is 5.73. The van der Waals surface area contributed by atoms with Crippen LogP contribution in [0.3, 0.4) is 0 Å². The van der Waals surface area contributed by atoms with E-state index in [0.29, 0.717) is 59.1 Å². The number of hydrogen-bond donors (Lipinski definition) is 2. The van der Waals surface area contributed by atoms with E-state index in [2.05, 4.69) is 70.2 Å². The minimum absolute atomic E-state index is 0.243. The van der Waals surface area contributed by atoms with E-state index < -0.39 is 0 Å². The summed E-state index contributed by atoms with van der Waals surface area (Å²) in [6.07, 6.45) is 0. The fourth-order valence-corrected chi connectivity index (χ4v) is 4.06. The average Bonchev–Trinajstić information content (AvgIpc) is 2.83. The molecule has 0 saturated heterocycles. The van der Waals surface area contributed by atoms with Crippen LogP contribution in [-0.4, -0.2) is 25.0 Å². The molecule has 0 atom stereocenters. The summed E-state index contributed by atoms with van der Waals surface area (Å²) in [7, 11) is 0. The van der Waals surface area contributed by atoms with Gasteiger partial charge in [0.15, 0.2) is 0 Å². The van der Waals surface area contributed by atoms with Crippen LogP contribution in [0.5, 0.6) is 11.5 Å². The van der Waals surface area contributed by atoms with Crippen LogP contribution in [0.1, 0.15) is 48.4 Å². The van der Waals surface area contributed by atoms with E-state index in [1.54, 1.807) is 60.7 Å². The minimum Gasteiger partial charge on any atom is -0.492 e. The van der Waals surface area contributed by atoms with Crippen molar-refractivity contribution < 1.29 is 19.1 Å². The van der Waals surface area contributed by atoms with Crippen molar-refractivity contribution >= 4 is 55.0 Å². The third-order valence-electron chi connectivity index (χ3n) is 4.93. The molecule has 0 aliphatic carbocycles. The van der Waals surface area contributed by atoms with E-state index >= 15 is 0 Å². The number of ether oxygens (including phenoxy) is 2. The highest BCUT2D eigenvalue weighted by atomic mass is 79.9. The molecule has 0 spiro atoms. The van der Waals surface area contributed by atoms with Crippen molar-refractivity contribution in [3.05, 3.63) is 80.7 Å². The molecule has 3 rings (SSSR count). The lowest BCUT2D eigenvalue weighted by Gasteiger charge is -2.12. The predicted molar refractivity (Wildman–Crippen MR) is 151 cm³/mol. The van der Waals surface area contributed by atoms with Crippen molar-refractivity contribution in [2.75, 3.05) is 23.8 Å². The van der Waals surface area contributed by atoms with Crippen molar-refractivity contribution in [2.45, 2.75) is 27.7 Å². The first-order chi connectivity index (χ1) is 17.1. The Bertz CT molecular complexity index is 1120. The predicted octanol–water partition coefficient (Wildman–Crippen LogP) is 7.79. The smallest absolute Gasteiger partial charge is 0.255 e. The van der Waals surface area contributed by atoms with E-state index in [0.717, 1.165) is 8.95 Å². The molecule has 0 saturated carbocycles. The number of halogens is 2. The molecule has 3 aromatic carbocycles. The maximum absolute atomic E-state index is 12.7. The van der Waals surface area contributed by atoms with Crippen molar-refractivity contribution in [3.63, 3.8) is 0 Å². The molecule has 8 heteroatoms. The first-order valence-corrected chi connectivity index (χ1v) is 13.3. The molecular weight excluding hydrogens is 588 g/mol. The molecule has 0 aliphatic rings. The number of nitrogens with one attached hydrogen (secondary N) is 2. The Morgan fingerprint density at radius 2 is 1.03 bits per heavy atom. The SMILES string of the molecule is CC(C)COc1ccc(C(=O)Nc2ccc(NC(=O)c3ccc(OCC(C)C)c(Br)c3)cc2)cc1Br. The number of anilines is 2. The zero-order valence-corrected chi connectivity index (χ0v) is 23.9. The molecule has 0 bridgehead atoms. The quantitative estimate of drug-likeness (QED) is 0.243. The van der Waals surface area contributed by atoms with E-state index in [1.165, 1.54) is 0 Å². The lowest BCUT2D eigenvalue weighted by molar-refractivity contribution is 0.101. The van der Waals surface area contributed by atoms with Gasteiger partial charge in [-0.3, -0.25) is 9.59 Å². The highest BCUT2D eigenvalue weighted by molar-refractivity contribution is 9.10. The van der Waals surface area contributed by atoms with Crippen molar-refractivity contribution in [1.82, 2.24) is 0 Å². The molecule has 3 aromatic rings. The van der Waals surface area contributed by atoms with Gasteiger partial charge in [-0.25, -0.2) is 0 Å². The molecule has 2 amide bonds. The molecule has 6 nitrogen and oxygen atoms in total. The highest BCUT2D eigenvalue weighted by Crippen LogP contribution is 2.28.